The molecule has 0 atom stereocenters. The lowest BCUT2D eigenvalue weighted by molar-refractivity contribution is -0.0449. The zero-order valence-electron chi connectivity index (χ0n) is 18.8. The number of aromatic nitrogens is 4. The van der Waals surface area contributed by atoms with E-state index in [1.807, 2.05) is 11.6 Å². The number of nitrogens with zero attached hydrogens (tertiary/aromatic N) is 3. The van der Waals surface area contributed by atoms with Gasteiger partial charge in [-0.05, 0) is 38.7 Å². The molecule has 33 heavy (non-hydrogen) atoms. The predicted octanol–water partition coefficient (Wildman–Crippen LogP) is 4.39. The van der Waals surface area contributed by atoms with Crippen molar-refractivity contribution in [3.63, 3.8) is 0 Å². The van der Waals surface area contributed by atoms with E-state index >= 15 is 0 Å². The van der Waals surface area contributed by atoms with Gasteiger partial charge in [0.05, 0.1) is 34.0 Å². The van der Waals surface area contributed by atoms with Gasteiger partial charge in [-0.1, -0.05) is 13.3 Å². The molecule has 9 heteroatoms. The van der Waals surface area contributed by atoms with Gasteiger partial charge in [0.2, 0.25) is 5.92 Å². The third-order valence-electron chi connectivity index (χ3n) is 7.44. The Labute approximate surface area is 189 Å². The van der Waals surface area contributed by atoms with Gasteiger partial charge >= 0.3 is 0 Å². The minimum atomic E-state index is -2.64. The molecule has 7 nitrogen and oxygen atoms in total. The van der Waals surface area contributed by atoms with Crippen LogP contribution in [0.15, 0.2) is 23.1 Å². The molecule has 2 aliphatic rings. The number of nitrogens with one attached hydrogen (secondary N) is 1. The van der Waals surface area contributed by atoms with Crippen molar-refractivity contribution >= 4 is 16.8 Å². The zero-order chi connectivity index (χ0) is 23.5. The maximum absolute atomic E-state index is 13.9. The Bertz CT molecular complexity index is 1310. The average molecular weight is 456 g/mol. The van der Waals surface area contributed by atoms with E-state index in [0.717, 1.165) is 36.2 Å². The Morgan fingerprint density at radius 3 is 2.55 bits per heavy atom. The highest BCUT2D eigenvalue weighted by Gasteiger charge is 2.41. The van der Waals surface area contributed by atoms with Gasteiger partial charge in [0.1, 0.15) is 5.69 Å². The number of hydrogen-bond donors (Lipinski definition) is 2. The summed E-state index contributed by atoms with van der Waals surface area (Å²) in [6.07, 6.45) is 4.90. The average Bonchev–Trinajstić information content (AvgIpc) is 3.08. The van der Waals surface area contributed by atoms with Gasteiger partial charge in [-0.3, -0.25) is 19.3 Å². The van der Waals surface area contributed by atoms with Crippen molar-refractivity contribution in [2.75, 3.05) is 0 Å². The highest BCUT2D eigenvalue weighted by molar-refractivity contribution is 6.03. The molecule has 0 unspecified atom stereocenters. The van der Waals surface area contributed by atoms with E-state index in [4.69, 9.17) is 10.8 Å². The van der Waals surface area contributed by atoms with Gasteiger partial charge < -0.3 is 10.7 Å². The number of pyridine rings is 2. The van der Waals surface area contributed by atoms with Crippen molar-refractivity contribution in [1.82, 2.24) is 19.7 Å². The number of carbonyl (C=O) groups is 1. The third-order valence-corrected chi connectivity index (χ3v) is 7.44. The molecule has 2 aliphatic carbocycles. The summed E-state index contributed by atoms with van der Waals surface area (Å²) in [7, 11) is 0. The molecular weight excluding hydrogens is 428 g/mol. The van der Waals surface area contributed by atoms with Crippen molar-refractivity contribution in [3.8, 4) is 11.4 Å². The Balaban J connectivity index is 1.69. The van der Waals surface area contributed by atoms with Crippen LogP contribution < -0.4 is 11.2 Å². The minimum Gasteiger partial charge on any atom is -0.364 e. The predicted molar refractivity (Wildman–Crippen MR) is 120 cm³/mol. The van der Waals surface area contributed by atoms with E-state index in [9.17, 15) is 18.4 Å². The number of alkyl halides is 2. The van der Waals surface area contributed by atoms with E-state index < -0.39 is 11.8 Å². The first-order chi connectivity index (χ1) is 15.6. The molecule has 0 aliphatic heterocycles. The molecule has 0 spiro atoms. The molecular formula is C24H27F2N5O2. The molecule has 0 radical (unpaired) electrons. The number of fused-ring (bicyclic) bond motifs is 1. The van der Waals surface area contributed by atoms with Crippen LogP contribution in [0.25, 0.3) is 22.3 Å². The molecule has 5 rings (SSSR count). The number of nitrogens with two attached hydrogens (primary N) is 1. The quantitative estimate of drug-likeness (QED) is 0.609. The van der Waals surface area contributed by atoms with Crippen molar-refractivity contribution in [1.29, 1.82) is 0 Å². The second kappa shape index (κ2) is 7.46. The van der Waals surface area contributed by atoms with Gasteiger partial charge in [-0.25, -0.2) is 8.78 Å². The number of hydrogen-bond acceptors (Lipinski definition) is 4. The summed E-state index contributed by atoms with van der Waals surface area (Å²) in [4.78, 5) is 32.1. The number of carbonyl (C=O) groups excluding carboxylic acids is 1. The van der Waals surface area contributed by atoms with Crippen LogP contribution in [0.2, 0.25) is 0 Å². The highest BCUT2D eigenvalue weighted by Crippen LogP contribution is 2.47. The molecule has 0 aromatic carbocycles. The second-order valence-corrected chi connectivity index (χ2v) is 9.76. The minimum absolute atomic E-state index is 0.0527. The molecule has 3 N–H and O–H groups in total. The van der Waals surface area contributed by atoms with Crippen LogP contribution in [0.5, 0.6) is 0 Å². The Morgan fingerprint density at radius 1 is 1.24 bits per heavy atom. The topological polar surface area (TPSA) is 107 Å². The van der Waals surface area contributed by atoms with Crippen LogP contribution in [0, 0.1) is 6.92 Å². The van der Waals surface area contributed by atoms with Gasteiger partial charge in [0, 0.05) is 36.1 Å². The molecule has 2 saturated carbocycles. The third kappa shape index (κ3) is 3.54. The highest BCUT2D eigenvalue weighted by atomic mass is 19.3. The Morgan fingerprint density at radius 2 is 1.94 bits per heavy atom. The van der Waals surface area contributed by atoms with Crippen molar-refractivity contribution in [3.05, 3.63) is 45.5 Å². The van der Waals surface area contributed by atoms with E-state index in [0.29, 0.717) is 24.1 Å². The Hall–Kier alpha value is -3.10. The summed E-state index contributed by atoms with van der Waals surface area (Å²) in [6, 6.07) is 2.88. The first-order valence-electron chi connectivity index (χ1n) is 11.4. The maximum Gasteiger partial charge on any atom is 0.268 e. The SMILES string of the molecule is Cc1c(C2(C)CCC2)nn(C2CCC(F)(F)CC2)c1-c1cc(=O)c2c(C(N)=O)nccc2[nH]1. The number of H-pyrrole nitrogens is 1. The van der Waals surface area contributed by atoms with Crippen LogP contribution in [-0.4, -0.2) is 31.6 Å². The number of primary amides is 1. The van der Waals surface area contributed by atoms with Gasteiger partial charge in [-0.15, -0.1) is 0 Å². The summed E-state index contributed by atoms with van der Waals surface area (Å²) in [5.74, 6) is -3.42. The molecule has 2 fully saturated rings. The largest absolute Gasteiger partial charge is 0.364 e. The monoisotopic (exact) mass is 455 g/mol. The molecule has 174 valence electrons. The molecule has 1 amide bonds. The van der Waals surface area contributed by atoms with Crippen LogP contribution in [0.1, 0.15) is 79.7 Å². The van der Waals surface area contributed by atoms with E-state index in [2.05, 4.69) is 16.9 Å². The standard InChI is InChI=1S/C24H27F2N5O2/c1-13-20(16-12-17(32)18-15(29-16)6-11-28-19(18)22(27)33)31(14-4-9-24(25,26)10-5-14)30-21(13)23(2)7-3-8-23/h6,11-12,14H,3-5,7-10H2,1-2H3,(H2,27,33)(H,29,32). The van der Waals surface area contributed by atoms with Crippen LogP contribution in [0.4, 0.5) is 8.78 Å². The first kappa shape index (κ1) is 21.7. The summed E-state index contributed by atoms with van der Waals surface area (Å²) in [6.45, 7) is 4.17. The maximum atomic E-state index is 13.9. The van der Waals surface area contributed by atoms with Crippen LogP contribution >= 0.6 is 0 Å². The van der Waals surface area contributed by atoms with Gasteiger partial charge in [-0.2, -0.15) is 5.10 Å². The number of aromatic amines is 1. The molecule has 3 heterocycles. The smallest absolute Gasteiger partial charge is 0.268 e. The van der Waals surface area contributed by atoms with Crippen molar-refractivity contribution in [2.24, 2.45) is 5.73 Å². The number of rotatable bonds is 4. The Kier molecular flexibility index (Phi) is 4.91. The summed E-state index contributed by atoms with van der Waals surface area (Å²) in [5.41, 5.74) is 8.55. The first-order valence-corrected chi connectivity index (χ1v) is 11.4. The van der Waals surface area contributed by atoms with Crippen molar-refractivity contribution in [2.45, 2.75) is 76.2 Å². The molecule has 3 aromatic rings. The number of halogens is 2. The fourth-order valence-electron chi connectivity index (χ4n) is 5.41. The van der Waals surface area contributed by atoms with Gasteiger partial charge in [0.25, 0.3) is 5.91 Å². The zero-order valence-corrected chi connectivity index (χ0v) is 18.8. The molecule has 0 saturated heterocycles. The van der Waals surface area contributed by atoms with Crippen LogP contribution in [0.3, 0.4) is 0 Å². The number of amides is 1. The summed E-state index contributed by atoms with van der Waals surface area (Å²) >= 11 is 0. The van der Waals surface area contributed by atoms with E-state index in [1.54, 1.807) is 6.07 Å². The molecule has 0 bridgehead atoms. The lowest BCUT2D eigenvalue weighted by Gasteiger charge is -2.37. The summed E-state index contributed by atoms with van der Waals surface area (Å²) in [5, 5.41) is 5.11. The lowest BCUT2D eigenvalue weighted by atomic mass is 9.67. The fraction of sp³-hybridized carbons (Fsp3) is 0.500. The fourth-order valence-corrected chi connectivity index (χ4v) is 5.41. The van der Waals surface area contributed by atoms with Gasteiger partial charge in [0.15, 0.2) is 5.43 Å². The summed E-state index contributed by atoms with van der Waals surface area (Å²) < 4.78 is 29.6. The normalized spacial score (nSPS) is 20.0. The second-order valence-electron chi connectivity index (χ2n) is 9.76. The van der Waals surface area contributed by atoms with Crippen LogP contribution in [-0.2, 0) is 5.41 Å². The van der Waals surface area contributed by atoms with Crippen molar-refractivity contribution < 1.29 is 13.6 Å². The van der Waals surface area contributed by atoms with E-state index in [-0.39, 0.29) is 40.8 Å². The lowest BCUT2D eigenvalue weighted by Crippen LogP contribution is -2.32. The molecule has 3 aromatic heterocycles. The van der Waals surface area contributed by atoms with E-state index in [1.165, 1.54) is 12.3 Å².